The van der Waals surface area contributed by atoms with E-state index in [0.29, 0.717) is 13.1 Å². The molecule has 0 radical (unpaired) electrons. The SMILES string of the molecule is CC(C)(C)OC(=O)N1CCC2(CC1)CC(O)CCN2.Cl. The Morgan fingerprint density at radius 2 is 1.95 bits per heavy atom. The molecule has 2 fully saturated rings. The molecule has 1 atom stereocenters. The Morgan fingerprint density at radius 1 is 1.35 bits per heavy atom. The first-order valence-electron chi connectivity index (χ1n) is 7.21. The zero-order valence-electron chi connectivity index (χ0n) is 12.6. The van der Waals surface area contributed by atoms with Gasteiger partial charge in [0.05, 0.1) is 6.10 Å². The summed E-state index contributed by atoms with van der Waals surface area (Å²) in [5.74, 6) is 0. The molecule has 0 aromatic heterocycles. The molecule has 2 rings (SSSR count). The van der Waals surface area contributed by atoms with Crippen molar-refractivity contribution < 1.29 is 14.6 Å². The predicted octanol–water partition coefficient (Wildman–Crippen LogP) is 1.92. The van der Waals surface area contributed by atoms with E-state index in [1.807, 2.05) is 20.8 Å². The molecule has 0 aromatic carbocycles. The average Bonchev–Trinajstić information content (AvgIpc) is 2.27. The Labute approximate surface area is 127 Å². The van der Waals surface area contributed by atoms with Gasteiger partial charge in [0.2, 0.25) is 0 Å². The van der Waals surface area contributed by atoms with Crippen LogP contribution in [0, 0.1) is 0 Å². The monoisotopic (exact) mass is 306 g/mol. The molecule has 0 bridgehead atoms. The van der Waals surface area contributed by atoms with Gasteiger partial charge in [-0.1, -0.05) is 0 Å². The van der Waals surface area contributed by atoms with Crippen LogP contribution in [0.3, 0.4) is 0 Å². The van der Waals surface area contributed by atoms with Crippen molar-refractivity contribution in [3.05, 3.63) is 0 Å². The van der Waals surface area contributed by atoms with Gasteiger partial charge in [-0.05, 0) is 53.0 Å². The van der Waals surface area contributed by atoms with Gasteiger partial charge in [0.25, 0.3) is 0 Å². The van der Waals surface area contributed by atoms with Gasteiger partial charge >= 0.3 is 6.09 Å². The highest BCUT2D eigenvalue weighted by molar-refractivity contribution is 5.85. The number of likely N-dealkylation sites (tertiary alicyclic amines) is 1. The summed E-state index contributed by atoms with van der Waals surface area (Å²) in [4.78, 5) is 13.8. The van der Waals surface area contributed by atoms with Gasteiger partial charge < -0.3 is 20.1 Å². The van der Waals surface area contributed by atoms with Gasteiger partial charge in [-0.2, -0.15) is 0 Å². The molecular formula is C14H27ClN2O3. The number of ether oxygens (including phenoxy) is 1. The number of hydrogen-bond acceptors (Lipinski definition) is 4. The third kappa shape index (κ3) is 4.50. The van der Waals surface area contributed by atoms with Crippen molar-refractivity contribution in [2.45, 2.75) is 63.7 Å². The lowest BCUT2D eigenvalue weighted by molar-refractivity contribution is 0.00358. The van der Waals surface area contributed by atoms with Crippen molar-refractivity contribution >= 4 is 18.5 Å². The number of nitrogens with one attached hydrogen (secondary N) is 1. The summed E-state index contributed by atoms with van der Waals surface area (Å²) in [6.07, 6.45) is 2.99. The average molecular weight is 307 g/mol. The van der Waals surface area contributed by atoms with Crippen LogP contribution in [-0.4, -0.2) is 53.0 Å². The third-order valence-corrected chi connectivity index (χ3v) is 3.98. The van der Waals surface area contributed by atoms with Crippen molar-refractivity contribution in [1.29, 1.82) is 0 Å². The van der Waals surface area contributed by atoms with Crippen molar-refractivity contribution in [1.82, 2.24) is 10.2 Å². The van der Waals surface area contributed by atoms with Crippen molar-refractivity contribution in [3.8, 4) is 0 Å². The van der Waals surface area contributed by atoms with Crippen LogP contribution >= 0.6 is 12.4 Å². The maximum absolute atomic E-state index is 12.0. The molecule has 2 heterocycles. The lowest BCUT2D eigenvalue weighted by atomic mass is 9.79. The fourth-order valence-electron chi connectivity index (χ4n) is 2.95. The van der Waals surface area contributed by atoms with E-state index in [-0.39, 0.29) is 30.1 Å². The minimum absolute atomic E-state index is 0. The quantitative estimate of drug-likeness (QED) is 0.718. The molecule has 2 saturated heterocycles. The Hall–Kier alpha value is -0.520. The number of piperidine rings is 2. The van der Waals surface area contributed by atoms with Crippen LogP contribution < -0.4 is 5.32 Å². The molecule has 2 aliphatic rings. The van der Waals surface area contributed by atoms with Gasteiger partial charge in [0.1, 0.15) is 5.60 Å². The lowest BCUT2D eigenvalue weighted by Gasteiger charge is -2.46. The highest BCUT2D eigenvalue weighted by Crippen LogP contribution is 2.31. The van der Waals surface area contributed by atoms with Gasteiger partial charge in [-0.3, -0.25) is 0 Å². The Balaban J connectivity index is 0.00000200. The van der Waals surface area contributed by atoms with Crippen LogP contribution in [0.25, 0.3) is 0 Å². The van der Waals surface area contributed by atoms with Crippen LogP contribution in [0.5, 0.6) is 0 Å². The minimum atomic E-state index is -0.439. The lowest BCUT2D eigenvalue weighted by Crippen LogP contribution is -2.59. The van der Waals surface area contributed by atoms with Gasteiger partial charge in [0, 0.05) is 18.6 Å². The molecule has 5 nitrogen and oxygen atoms in total. The van der Waals surface area contributed by atoms with Crippen LogP contribution in [0.4, 0.5) is 4.79 Å². The summed E-state index contributed by atoms with van der Waals surface area (Å²) < 4.78 is 5.39. The summed E-state index contributed by atoms with van der Waals surface area (Å²) in [7, 11) is 0. The molecular weight excluding hydrogens is 280 g/mol. The van der Waals surface area contributed by atoms with Crippen LogP contribution in [0.15, 0.2) is 0 Å². The number of aliphatic hydroxyl groups excluding tert-OH is 1. The van der Waals surface area contributed by atoms with Crippen molar-refractivity contribution in [2.24, 2.45) is 0 Å². The third-order valence-electron chi connectivity index (χ3n) is 3.98. The second-order valence-electron chi connectivity index (χ2n) is 6.82. The van der Waals surface area contributed by atoms with E-state index in [1.54, 1.807) is 4.90 Å². The van der Waals surface area contributed by atoms with E-state index >= 15 is 0 Å². The summed E-state index contributed by atoms with van der Waals surface area (Å²) in [6.45, 7) is 7.93. The van der Waals surface area contributed by atoms with Crippen molar-refractivity contribution in [3.63, 3.8) is 0 Å². The smallest absolute Gasteiger partial charge is 0.410 e. The largest absolute Gasteiger partial charge is 0.444 e. The number of carbonyl (C=O) groups is 1. The Bertz CT molecular complexity index is 336. The van der Waals surface area contributed by atoms with E-state index in [9.17, 15) is 9.90 Å². The maximum atomic E-state index is 12.0. The van der Waals surface area contributed by atoms with Crippen molar-refractivity contribution in [2.75, 3.05) is 19.6 Å². The number of carbonyl (C=O) groups excluding carboxylic acids is 1. The molecule has 0 saturated carbocycles. The molecule has 2 N–H and O–H groups in total. The number of halogens is 1. The molecule has 20 heavy (non-hydrogen) atoms. The second-order valence-corrected chi connectivity index (χ2v) is 6.82. The second kappa shape index (κ2) is 6.50. The first kappa shape index (κ1) is 17.5. The van der Waals surface area contributed by atoms with Gasteiger partial charge in [-0.25, -0.2) is 4.79 Å². The topological polar surface area (TPSA) is 61.8 Å². The van der Waals surface area contributed by atoms with Gasteiger partial charge in [-0.15, -0.1) is 12.4 Å². The van der Waals surface area contributed by atoms with Crippen LogP contribution in [-0.2, 0) is 4.74 Å². The highest BCUT2D eigenvalue weighted by Gasteiger charge is 2.39. The number of aliphatic hydroxyl groups is 1. The summed E-state index contributed by atoms with van der Waals surface area (Å²) in [5, 5.41) is 13.3. The fourth-order valence-corrected chi connectivity index (χ4v) is 2.95. The van der Waals surface area contributed by atoms with Crippen LogP contribution in [0.1, 0.15) is 46.5 Å². The highest BCUT2D eigenvalue weighted by atomic mass is 35.5. The first-order chi connectivity index (χ1) is 8.80. The summed E-state index contributed by atoms with van der Waals surface area (Å²) >= 11 is 0. The molecule has 2 aliphatic heterocycles. The Morgan fingerprint density at radius 3 is 2.45 bits per heavy atom. The first-order valence-corrected chi connectivity index (χ1v) is 7.21. The molecule has 1 unspecified atom stereocenters. The predicted molar refractivity (Wildman–Crippen MR) is 80.3 cm³/mol. The molecule has 118 valence electrons. The maximum Gasteiger partial charge on any atom is 0.410 e. The number of nitrogens with zero attached hydrogens (tertiary/aromatic N) is 1. The van der Waals surface area contributed by atoms with E-state index in [4.69, 9.17) is 4.74 Å². The zero-order chi connectivity index (χ0) is 14.1. The van der Waals surface area contributed by atoms with Gasteiger partial charge in [0.15, 0.2) is 0 Å². The number of hydrogen-bond donors (Lipinski definition) is 2. The zero-order valence-corrected chi connectivity index (χ0v) is 13.5. The molecule has 0 aromatic rings. The standard InChI is InChI=1S/C14H26N2O3.ClH/c1-13(2,3)19-12(18)16-8-5-14(6-9-16)10-11(17)4-7-15-14;/h11,15,17H,4-10H2,1-3H3;1H. The van der Waals surface area contributed by atoms with E-state index in [0.717, 1.165) is 32.2 Å². The molecule has 1 spiro atoms. The summed E-state index contributed by atoms with van der Waals surface area (Å²) in [6, 6.07) is 0. The molecule has 6 heteroatoms. The fraction of sp³-hybridized carbons (Fsp3) is 0.929. The number of amides is 1. The van der Waals surface area contributed by atoms with E-state index in [2.05, 4.69) is 5.32 Å². The Kier molecular flexibility index (Phi) is 5.70. The molecule has 1 amide bonds. The molecule has 0 aliphatic carbocycles. The van der Waals surface area contributed by atoms with Crippen LogP contribution in [0.2, 0.25) is 0 Å². The minimum Gasteiger partial charge on any atom is -0.444 e. The van der Waals surface area contributed by atoms with E-state index < -0.39 is 5.60 Å². The summed E-state index contributed by atoms with van der Waals surface area (Å²) in [5.41, 5.74) is -0.415. The van der Waals surface area contributed by atoms with E-state index in [1.165, 1.54) is 0 Å². The normalized spacial score (nSPS) is 26.0. The number of rotatable bonds is 0.